The van der Waals surface area contributed by atoms with Gasteiger partial charge in [-0.3, -0.25) is 9.48 Å². The van der Waals surface area contributed by atoms with E-state index in [9.17, 15) is 9.18 Å². The zero-order valence-corrected chi connectivity index (χ0v) is 17.6. The van der Waals surface area contributed by atoms with Crippen LogP contribution in [-0.2, 0) is 17.6 Å². The Morgan fingerprint density at radius 1 is 1.20 bits per heavy atom. The Hall–Kier alpha value is -3.29. The fraction of sp³-hybridized carbons (Fsp3) is 0.364. The van der Waals surface area contributed by atoms with Gasteiger partial charge in [0.2, 0.25) is 5.91 Å². The molecule has 1 aromatic carbocycles. The molecule has 0 spiro atoms. The van der Waals surface area contributed by atoms with Crippen LogP contribution in [0.2, 0.25) is 0 Å². The zero-order chi connectivity index (χ0) is 21.4. The van der Waals surface area contributed by atoms with Crippen molar-refractivity contribution in [1.29, 1.82) is 0 Å². The van der Waals surface area contributed by atoms with E-state index in [0.717, 1.165) is 34.9 Å². The van der Waals surface area contributed by atoms with Gasteiger partial charge in [0.15, 0.2) is 5.82 Å². The zero-order valence-electron chi connectivity index (χ0n) is 17.6. The molecular formula is C22H25FN6O. The second-order valence-electron chi connectivity index (χ2n) is 7.76. The molecule has 1 aliphatic heterocycles. The molecule has 1 amide bonds. The molecule has 156 valence electrons. The van der Waals surface area contributed by atoms with E-state index < -0.39 is 0 Å². The van der Waals surface area contributed by atoms with Gasteiger partial charge in [-0.15, -0.1) is 0 Å². The lowest BCUT2D eigenvalue weighted by molar-refractivity contribution is -0.117. The highest BCUT2D eigenvalue weighted by Gasteiger charge is 2.30. The summed E-state index contributed by atoms with van der Waals surface area (Å²) in [7, 11) is 1.87. The minimum atomic E-state index is -0.272. The Morgan fingerprint density at radius 2 is 1.93 bits per heavy atom. The Kier molecular flexibility index (Phi) is 5.24. The number of likely N-dealkylation sites (N-methyl/N-ethyl adjacent to an activating group) is 1. The highest BCUT2D eigenvalue weighted by molar-refractivity contribution is 6.02. The van der Waals surface area contributed by atoms with E-state index in [-0.39, 0.29) is 23.8 Å². The molecule has 0 bridgehead atoms. The van der Waals surface area contributed by atoms with Gasteiger partial charge in [0, 0.05) is 19.7 Å². The van der Waals surface area contributed by atoms with Crippen molar-refractivity contribution in [2.24, 2.45) is 0 Å². The number of rotatable bonds is 5. The van der Waals surface area contributed by atoms with Gasteiger partial charge in [-0.2, -0.15) is 5.10 Å². The predicted molar refractivity (Wildman–Crippen MR) is 113 cm³/mol. The van der Waals surface area contributed by atoms with Crippen molar-refractivity contribution >= 4 is 17.4 Å². The van der Waals surface area contributed by atoms with E-state index in [1.165, 1.54) is 12.1 Å². The summed E-state index contributed by atoms with van der Waals surface area (Å²) >= 11 is 0. The molecule has 3 aromatic rings. The third-order valence-electron chi connectivity index (χ3n) is 5.70. The van der Waals surface area contributed by atoms with Crippen molar-refractivity contribution in [3.8, 4) is 0 Å². The van der Waals surface area contributed by atoms with E-state index in [2.05, 4.69) is 15.4 Å². The minimum absolute atomic E-state index is 0.0142. The molecule has 4 rings (SSSR count). The lowest BCUT2D eigenvalue weighted by atomic mass is 10.1. The molecule has 1 aliphatic rings. The van der Waals surface area contributed by atoms with E-state index >= 15 is 0 Å². The van der Waals surface area contributed by atoms with Gasteiger partial charge >= 0.3 is 0 Å². The third-order valence-corrected chi connectivity index (χ3v) is 5.70. The number of hydrogen-bond acceptors (Lipinski definition) is 5. The summed E-state index contributed by atoms with van der Waals surface area (Å²) in [6, 6.07) is 6.23. The number of carbonyl (C=O) groups excluding carboxylic acids is 1. The summed E-state index contributed by atoms with van der Waals surface area (Å²) in [5.74, 6) is 1.20. The SMILES string of the molecule is Cc1nc(CCc2cnn([C@@H](C)c3ccc(F)cc3)c2)nc2c1NC(=O)[C@H](C)N2C. The largest absolute Gasteiger partial charge is 0.346 e. The molecule has 0 unspecified atom stereocenters. The summed E-state index contributed by atoms with van der Waals surface area (Å²) in [6.07, 6.45) is 5.27. The maximum absolute atomic E-state index is 13.2. The average Bonchev–Trinajstić information content (AvgIpc) is 3.21. The van der Waals surface area contributed by atoms with Gasteiger partial charge in [-0.05, 0) is 50.5 Å². The van der Waals surface area contributed by atoms with Gasteiger partial charge in [0.25, 0.3) is 0 Å². The van der Waals surface area contributed by atoms with Crippen molar-refractivity contribution in [1.82, 2.24) is 19.7 Å². The van der Waals surface area contributed by atoms with E-state index in [4.69, 9.17) is 4.98 Å². The number of aromatic nitrogens is 4. The molecule has 30 heavy (non-hydrogen) atoms. The number of benzene rings is 1. The van der Waals surface area contributed by atoms with Crippen LogP contribution in [0.4, 0.5) is 15.9 Å². The third kappa shape index (κ3) is 3.77. The van der Waals surface area contributed by atoms with Gasteiger partial charge < -0.3 is 10.2 Å². The molecule has 3 heterocycles. The van der Waals surface area contributed by atoms with Crippen LogP contribution in [0.15, 0.2) is 36.7 Å². The molecule has 0 saturated carbocycles. The Labute approximate surface area is 175 Å². The first-order chi connectivity index (χ1) is 14.3. The summed E-state index contributed by atoms with van der Waals surface area (Å²) in [5.41, 5.74) is 3.53. The lowest BCUT2D eigenvalue weighted by Gasteiger charge is -2.32. The Balaban J connectivity index is 1.48. The van der Waals surface area contributed by atoms with Crippen molar-refractivity contribution < 1.29 is 9.18 Å². The van der Waals surface area contributed by atoms with E-state index in [1.807, 2.05) is 49.8 Å². The predicted octanol–water partition coefficient (Wildman–Crippen LogP) is 3.29. The Morgan fingerprint density at radius 3 is 2.67 bits per heavy atom. The van der Waals surface area contributed by atoms with Gasteiger partial charge in [0.05, 0.1) is 17.9 Å². The Bertz CT molecular complexity index is 1080. The first-order valence-corrected chi connectivity index (χ1v) is 10.0. The summed E-state index contributed by atoms with van der Waals surface area (Å²) < 4.78 is 15.0. The number of nitrogens with zero attached hydrogens (tertiary/aromatic N) is 5. The first kappa shape index (κ1) is 20.0. The quantitative estimate of drug-likeness (QED) is 0.701. The van der Waals surface area contributed by atoms with Crippen LogP contribution in [-0.4, -0.2) is 38.7 Å². The normalized spacial score (nSPS) is 16.9. The van der Waals surface area contributed by atoms with Crippen LogP contribution >= 0.6 is 0 Å². The van der Waals surface area contributed by atoms with Crippen LogP contribution in [0.5, 0.6) is 0 Å². The number of halogens is 1. The van der Waals surface area contributed by atoms with E-state index in [1.54, 1.807) is 12.1 Å². The van der Waals surface area contributed by atoms with Crippen LogP contribution < -0.4 is 10.2 Å². The van der Waals surface area contributed by atoms with Gasteiger partial charge in [-0.25, -0.2) is 14.4 Å². The number of anilines is 2. The molecule has 2 atom stereocenters. The molecule has 0 aliphatic carbocycles. The van der Waals surface area contributed by atoms with Gasteiger partial charge in [0.1, 0.15) is 23.4 Å². The second-order valence-corrected chi connectivity index (χ2v) is 7.76. The van der Waals surface area contributed by atoms with Crippen molar-refractivity contribution in [2.45, 2.75) is 45.7 Å². The van der Waals surface area contributed by atoms with Crippen LogP contribution in [0.1, 0.15) is 42.5 Å². The topological polar surface area (TPSA) is 75.9 Å². The monoisotopic (exact) mass is 408 g/mol. The minimum Gasteiger partial charge on any atom is -0.346 e. The van der Waals surface area contributed by atoms with Crippen LogP contribution in [0.3, 0.4) is 0 Å². The summed E-state index contributed by atoms with van der Waals surface area (Å²) in [5, 5.41) is 7.37. The number of amides is 1. The molecule has 7 nitrogen and oxygen atoms in total. The fourth-order valence-electron chi connectivity index (χ4n) is 3.58. The van der Waals surface area contributed by atoms with E-state index in [0.29, 0.717) is 12.1 Å². The molecule has 0 radical (unpaired) electrons. The summed E-state index contributed by atoms with van der Waals surface area (Å²) in [6.45, 7) is 5.77. The van der Waals surface area contributed by atoms with Gasteiger partial charge in [-0.1, -0.05) is 12.1 Å². The van der Waals surface area contributed by atoms with Crippen molar-refractivity contribution in [2.75, 3.05) is 17.3 Å². The fourth-order valence-corrected chi connectivity index (χ4v) is 3.58. The molecule has 8 heteroatoms. The van der Waals surface area contributed by atoms with Crippen molar-refractivity contribution in [3.63, 3.8) is 0 Å². The summed E-state index contributed by atoms with van der Waals surface area (Å²) in [4.78, 5) is 23.2. The van der Waals surface area contributed by atoms with Crippen molar-refractivity contribution in [3.05, 3.63) is 65.1 Å². The second kappa shape index (κ2) is 7.85. The highest BCUT2D eigenvalue weighted by atomic mass is 19.1. The molecule has 1 N–H and O–H groups in total. The number of fused-ring (bicyclic) bond motifs is 1. The van der Waals surface area contributed by atoms with Crippen LogP contribution in [0, 0.1) is 12.7 Å². The maximum atomic E-state index is 13.2. The molecule has 2 aromatic heterocycles. The first-order valence-electron chi connectivity index (χ1n) is 10.0. The highest BCUT2D eigenvalue weighted by Crippen LogP contribution is 2.31. The standard InChI is InChI=1S/C22H25FN6O/c1-13-20-21(28(4)15(3)22(30)27-20)26-19(25-13)10-5-16-11-24-29(12-16)14(2)17-6-8-18(23)9-7-17/h6-9,11-12,14-15H,5,10H2,1-4H3,(H,27,30)/t14-,15-/m0/s1. The molecule has 0 saturated heterocycles. The van der Waals surface area contributed by atoms with Crippen LogP contribution in [0.25, 0.3) is 0 Å². The maximum Gasteiger partial charge on any atom is 0.246 e. The molecule has 0 fully saturated rings. The average molecular weight is 408 g/mol. The number of aryl methyl sites for hydroxylation is 3. The lowest BCUT2D eigenvalue weighted by Crippen LogP contribution is -2.45. The smallest absolute Gasteiger partial charge is 0.246 e. The number of carbonyl (C=O) groups is 1. The number of nitrogens with one attached hydrogen (secondary N) is 1. The number of hydrogen-bond donors (Lipinski definition) is 1. The molecular weight excluding hydrogens is 383 g/mol.